The van der Waals surface area contributed by atoms with E-state index in [2.05, 4.69) is 26.2 Å². The van der Waals surface area contributed by atoms with Crippen LogP contribution in [0.5, 0.6) is 0 Å². The molecule has 1 aromatic rings. The Morgan fingerprint density at radius 1 is 1.45 bits per heavy atom. The van der Waals surface area contributed by atoms with Crippen LogP contribution in [0.1, 0.15) is 32.3 Å². The van der Waals surface area contributed by atoms with Crippen LogP contribution >= 0.6 is 15.9 Å². The van der Waals surface area contributed by atoms with E-state index in [9.17, 15) is 9.59 Å². The molecule has 0 aromatic carbocycles. The van der Waals surface area contributed by atoms with Crippen LogP contribution in [0, 0.1) is 0 Å². The zero-order valence-corrected chi connectivity index (χ0v) is 13.2. The molecule has 1 N–H and O–H groups in total. The topological polar surface area (TPSA) is 62.3 Å². The lowest BCUT2D eigenvalue weighted by molar-refractivity contribution is -0.135. The van der Waals surface area contributed by atoms with Gasteiger partial charge in [-0.05, 0) is 40.9 Å². The Labute approximate surface area is 126 Å². The summed E-state index contributed by atoms with van der Waals surface area (Å²) in [5.41, 5.74) is 0.948. The molecule has 0 radical (unpaired) electrons. The van der Waals surface area contributed by atoms with Crippen LogP contribution in [0.15, 0.2) is 22.9 Å². The average molecular weight is 340 g/mol. The molecule has 0 bridgehead atoms. The van der Waals surface area contributed by atoms with Crippen molar-refractivity contribution in [1.82, 2.24) is 15.2 Å². The summed E-state index contributed by atoms with van der Waals surface area (Å²) in [7, 11) is 0. The molecule has 2 amide bonds. The summed E-state index contributed by atoms with van der Waals surface area (Å²) in [4.78, 5) is 30.1. The molecular weight excluding hydrogens is 322 g/mol. The van der Waals surface area contributed by atoms with Crippen molar-refractivity contribution in [2.75, 3.05) is 0 Å². The number of rotatable bonds is 3. The van der Waals surface area contributed by atoms with Crippen molar-refractivity contribution in [3.8, 4) is 0 Å². The molecule has 20 heavy (non-hydrogen) atoms. The largest absolute Gasteiger partial charge is 0.344 e. The summed E-state index contributed by atoms with van der Waals surface area (Å²) in [6.45, 7) is 4.27. The number of amides is 2. The lowest BCUT2D eigenvalue weighted by atomic mass is 10.1. The van der Waals surface area contributed by atoms with E-state index in [1.165, 1.54) is 0 Å². The first kappa shape index (κ1) is 15.0. The predicted molar refractivity (Wildman–Crippen MR) is 78.8 cm³/mol. The summed E-state index contributed by atoms with van der Waals surface area (Å²) in [6, 6.07) is 1.40. The van der Waals surface area contributed by atoms with Crippen molar-refractivity contribution in [1.29, 1.82) is 0 Å². The molecule has 1 aliphatic rings. The molecule has 1 saturated heterocycles. The third-order valence-corrected chi connectivity index (χ3v) is 3.89. The summed E-state index contributed by atoms with van der Waals surface area (Å²) in [5, 5.41) is 2.78. The molecule has 6 heteroatoms. The molecule has 0 aliphatic carbocycles. The Balaban J connectivity index is 2.22. The van der Waals surface area contributed by atoms with Crippen LogP contribution < -0.4 is 5.32 Å². The maximum absolute atomic E-state index is 12.5. The molecule has 2 heterocycles. The van der Waals surface area contributed by atoms with Gasteiger partial charge in [-0.15, -0.1) is 0 Å². The number of carbonyl (C=O) groups excluding carboxylic acids is 2. The first-order valence-electron chi connectivity index (χ1n) is 6.70. The van der Waals surface area contributed by atoms with E-state index in [-0.39, 0.29) is 17.9 Å². The quantitative estimate of drug-likeness (QED) is 0.914. The fraction of sp³-hybridized carbons (Fsp3) is 0.500. The zero-order valence-electron chi connectivity index (χ0n) is 11.6. The van der Waals surface area contributed by atoms with E-state index in [1.54, 1.807) is 17.3 Å². The second-order valence-electron chi connectivity index (χ2n) is 5.06. The van der Waals surface area contributed by atoms with Crippen molar-refractivity contribution >= 4 is 27.7 Å². The Hall–Kier alpha value is -1.43. The smallest absolute Gasteiger partial charge is 0.245 e. The summed E-state index contributed by atoms with van der Waals surface area (Å²) in [6.07, 6.45) is 4.39. The molecule has 5 nitrogen and oxygen atoms in total. The van der Waals surface area contributed by atoms with Gasteiger partial charge in [0.25, 0.3) is 0 Å². The SMILES string of the molecule is CCC1NC(=O)CC(C)N(Cc2cncc(Br)c2)C1=O. The maximum atomic E-state index is 12.5. The van der Waals surface area contributed by atoms with E-state index < -0.39 is 6.04 Å². The maximum Gasteiger partial charge on any atom is 0.245 e. The van der Waals surface area contributed by atoms with Gasteiger partial charge in [-0.1, -0.05) is 6.92 Å². The van der Waals surface area contributed by atoms with Crippen molar-refractivity contribution < 1.29 is 9.59 Å². The molecule has 1 fully saturated rings. The van der Waals surface area contributed by atoms with Gasteiger partial charge in [-0.2, -0.15) is 0 Å². The molecular formula is C14H18BrN3O2. The number of pyridine rings is 1. The highest BCUT2D eigenvalue weighted by Gasteiger charge is 2.32. The number of nitrogens with zero attached hydrogens (tertiary/aromatic N) is 2. The number of halogens is 1. The number of nitrogens with one attached hydrogen (secondary N) is 1. The van der Waals surface area contributed by atoms with Gasteiger partial charge in [-0.3, -0.25) is 14.6 Å². The Morgan fingerprint density at radius 2 is 2.20 bits per heavy atom. The molecule has 1 aromatic heterocycles. The molecule has 1 aliphatic heterocycles. The molecule has 2 rings (SSSR count). The lowest BCUT2D eigenvalue weighted by Crippen LogP contribution is -2.45. The van der Waals surface area contributed by atoms with Gasteiger partial charge in [-0.25, -0.2) is 0 Å². The number of hydrogen-bond acceptors (Lipinski definition) is 3. The van der Waals surface area contributed by atoms with Crippen molar-refractivity contribution in [2.24, 2.45) is 0 Å². The third-order valence-electron chi connectivity index (χ3n) is 3.45. The van der Waals surface area contributed by atoms with Gasteiger partial charge in [0.2, 0.25) is 11.8 Å². The number of hydrogen-bond donors (Lipinski definition) is 1. The van der Waals surface area contributed by atoms with E-state index in [0.717, 1.165) is 10.0 Å². The zero-order chi connectivity index (χ0) is 14.7. The summed E-state index contributed by atoms with van der Waals surface area (Å²) >= 11 is 3.38. The van der Waals surface area contributed by atoms with Crippen LogP contribution in [0.3, 0.4) is 0 Å². The van der Waals surface area contributed by atoms with Gasteiger partial charge < -0.3 is 10.2 Å². The van der Waals surface area contributed by atoms with Crippen LogP contribution in [0.4, 0.5) is 0 Å². The predicted octanol–water partition coefficient (Wildman–Crippen LogP) is 1.86. The second-order valence-corrected chi connectivity index (χ2v) is 5.97. The monoisotopic (exact) mass is 339 g/mol. The Bertz CT molecular complexity index is 521. The number of carbonyl (C=O) groups is 2. The minimum Gasteiger partial charge on any atom is -0.344 e. The van der Waals surface area contributed by atoms with Crippen LogP contribution in [-0.2, 0) is 16.1 Å². The van der Waals surface area contributed by atoms with Crippen molar-refractivity contribution in [3.05, 3.63) is 28.5 Å². The van der Waals surface area contributed by atoms with Crippen LogP contribution in [0.2, 0.25) is 0 Å². The van der Waals surface area contributed by atoms with Crippen LogP contribution in [0.25, 0.3) is 0 Å². The molecule has 0 spiro atoms. The molecule has 0 saturated carbocycles. The van der Waals surface area contributed by atoms with Crippen molar-refractivity contribution in [3.63, 3.8) is 0 Å². The van der Waals surface area contributed by atoms with Gasteiger partial charge in [0, 0.05) is 35.9 Å². The van der Waals surface area contributed by atoms with E-state index in [4.69, 9.17) is 0 Å². The third kappa shape index (κ3) is 3.36. The van der Waals surface area contributed by atoms with E-state index in [1.807, 2.05) is 19.9 Å². The molecule has 2 atom stereocenters. The first-order chi connectivity index (χ1) is 9.51. The Kier molecular flexibility index (Phi) is 4.75. The molecule has 2 unspecified atom stereocenters. The minimum absolute atomic E-state index is 0.0224. The highest BCUT2D eigenvalue weighted by Crippen LogP contribution is 2.18. The van der Waals surface area contributed by atoms with Gasteiger partial charge >= 0.3 is 0 Å². The minimum atomic E-state index is -0.424. The van der Waals surface area contributed by atoms with E-state index in [0.29, 0.717) is 19.4 Å². The number of aromatic nitrogens is 1. The molecule has 108 valence electrons. The lowest BCUT2D eigenvalue weighted by Gasteiger charge is -2.28. The highest BCUT2D eigenvalue weighted by atomic mass is 79.9. The van der Waals surface area contributed by atoms with E-state index >= 15 is 0 Å². The van der Waals surface area contributed by atoms with Gasteiger partial charge in [0.05, 0.1) is 0 Å². The first-order valence-corrected chi connectivity index (χ1v) is 7.49. The Morgan fingerprint density at radius 3 is 2.85 bits per heavy atom. The second kappa shape index (κ2) is 6.35. The summed E-state index contributed by atoms with van der Waals surface area (Å²) < 4.78 is 0.881. The average Bonchev–Trinajstić information content (AvgIpc) is 2.50. The fourth-order valence-electron chi connectivity index (χ4n) is 2.36. The van der Waals surface area contributed by atoms with Gasteiger partial charge in [0.15, 0.2) is 0 Å². The van der Waals surface area contributed by atoms with Crippen LogP contribution in [-0.4, -0.2) is 33.8 Å². The van der Waals surface area contributed by atoms with Crippen molar-refractivity contribution in [2.45, 2.75) is 45.3 Å². The normalized spacial score (nSPS) is 23.4. The fourth-order valence-corrected chi connectivity index (χ4v) is 2.77. The highest BCUT2D eigenvalue weighted by molar-refractivity contribution is 9.10. The van der Waals surface area contributed by atoms with Gasteiger partial charge in [0.1, 0.15) is 6.04 Å². The standard InChI is InChI=1S/C14H18BrN3O2/c1-3-12-14(20)18(9(2)4-13(19)17-12)8-10-5-11(15)7-16-6-10/h5-7,9,12H,3-4,8H2,1-2H3,(H,17,19). The summed E-state index contributed by atoms with van der Waals surface area (Å²) in [5.74, 6) is -0.0848.